The molecule has 51 heavy (non-hydrogen) atoms. The van der Waals surface area contributed by atoms with Crippen molar-refractivity contribution in [3.05, 3.63) is 173 Å². The molecule has 7 aromatic rings. The van der Waals surface area contributed by atoms with E-state index in [1.54, 1.807) is 0 Å². The summed E-state index contributed by atoms with van der Waals surface area (Å²) in [4.78, 5) is 2.47. The van der Waals surface area contributed by atoms with Gasteiger partial charge < -0.3 is 9.47 Å². The molecule has 1 heterocycles. The van der Waals surface area contributed by atoms with E-state index in [1.165, 1.54) is 88.4 Å². The van der Waals surface area contributed by atoms with E-state index < -0.39 is 0 Å². The van der Waals surface area contributed by atoms with Crippen LogP contribution < -0.4 is 15.3 Å². The predicted molar refractivity (Wildman–Crippen MR) is 217 cm³/mol. The maximum Gasteiger partial charge on any atom is 0.0537 e. The number of hydrogen-bond acceptors (Lipinski definition) is 1. The van der Waals surface area contributed by atoms with Gasteiger partial charge in [-0.15, -0.1) is 0 Å². The van der Waals surface area contributed by atoms with Crippen molar-refractivity contribution in [1.82, 2.24) is 4.57 Å². The fraction of sp³-hybridized carbons (Fsp3) is 0.143. The van der Waals surface area contributed by atoms with Gasteiger partial charge in [-0.05, 0) is 113 Å². The number of rotatable bonds is 5. The number of nitrogens with zero attached hydrogens (tertiary/aromatic N) is 2. The van der Waals surface area contributed by atoms with Gasteiger partial charge >= 0.3 is 0 Å². The molecule has 2 heteroatoms. The Morgan fingerprint density at radius 1 is 0.529 bits per heavy atom. The predicted octanol–water partition coefficient (Wildman–Crippen LogP) is 11.6. The highest BCUT2D eigenvalue weighted by Crippen LogP contribution is 2.50. The lowest BCUT2D eigenvalue weighted by Gasteiger charge is -2.29. The SMILES string of the molecule is CC1(C)c2ccccc2-c2cc(N(c3ccccc3)c3ccc(C4=CC=C(n5c6ccccc6c6ccccc65)CC4)c4c3=CCCC=4)ccc21. The molecule has 0 radical (unpaired) electrons. The number of fused-ring (bicyclic) bond motifs is 7. The monoisotopic (exact) mass is 656 g/mol. The summed E-state index contributed by atoms with van der Waals surface area (Å²) in [6.07, 6.45) is 13.8. The molecule has 10 rings (SSSR count). The molecule has 0 spiro atoms. The highest BCUT2D eigenvalue weighted by Gasteiger charge is 2.35. The zero-order valence-electron chi connectivity index (χ0n) is 29.2. The maximum atomic E-state index is 2.48. The first kappa shape index (κ1) is 30.0. The molecule has 0 amide bonds. The third-order valence-electron chi connectivity index (χ3n) is 11.5. The molecule has 246 valence electrons. The molecule has 3 aliphatic carbocycles. The van der Waals surface area contributed by atoms with Gasteiger partial charge in [-0.25, -0.2) is 0 Å². The average molecular weight is 657 g/mol. The molecule has 2 nitrogen and oxygen atoms in total. The topological polar surface area (TPSA) is 8.17 Å². The summed E-state index contributed by atoms with van der Waals surface area (Å²) in [6, 6.07) is 49.3. The second kappa shape index (κ2) is 11.6. The van der Waals surface area contributed by atoms with E-state index in [4.69, 9.17) is 0 Å². The van der Waals surface area contributed by atoms with Crippen molar-refractivity contribution in [3.63, 3.8) is 0 Å². The van der Waals surface area contributed by atoms with E-state index >= 15 is 0 Å². The molecule has 0 fully saturated rings. The first-order chi connectivity index (χ1) is 25.1. The van der Waals surface area contributed by atoms with Crippen LogP contribution in [-0.4, -0.2) is 4.57 Å². The van der Waals surface area contributed by atoms with Gasteiger partial charge in [0.1, 0.15) is 0 Å². The number of hydrogen-bond donors (Lipinski definition) is 0. The van der Waals surface area contributed by atoms with Gasteiger partial charge in [-0.3, -0.25) is 0 Å². The zero-order valence-corrected chi connectivity index (χ0v) is 29.2. The van der Waals surface area contributed by atoms with E-state index in [0.29, 0.717) is 0 Å². The molecule has 0 unspecified atom stereocenters. The lowest BCUT2D eigenvalue weighted by atomic mass is 9.82. The Morgan fingerprint density at radius 2 is 1.20 bits per heavy atom. The van der Waals surface area contributed by atoms with Crippen LogP contribution in [0.1, 0.15) is 56.2 Å². The lowest BCUT2D eigenvalue weighted by molar-refractivity contribution is 0.660. The molecule has 0 aliphatic heterocycles. The average Bonchev–Trinajstić information content (AvgIpc) is 3.64. The van der Waals surface area contributed by atoms with Gasteiger partial charge in [-0.1, -0.05) is 123 Å². The van der Waals surface area contributed by atoms with Gasteiger partial charge in [0, 0.05) is 38.5 Å². The lowest BCUT2D eigenvalue weighted by Crippen LogP contribution is -2.35. The third kappa shape index (κ3) is 4.63. The first-order valence-electron chi connectivity index (χ1n) is 18.4. The summed E-state index contributed by atoms with van der Waals surface area (Å²) in [6.45, 7) is 4.71. The minimum atomic E-state index is -0.0187. The smallest absolute Gasteiger partial charge is 0.0537 e. The van der Waals surface area contributed by atoms with Crippen molar-refractivity contribution >= 4 is 62.3 Å². The largest absolute Gasteiger partial charge is 0.313 e. The van der Waals surface area contributed by atoms with Crippen molar-refractivity contribution in [3.8, 4) is 11.1 Å². The van der Waals surface area contributed by atoms with Crippen molar-refractivity contribution in [2.45, 2.75) is 44.9 Å². The molecule has 6 aromatic carbocycles. The fourth-order valence-corrected chi connectivity index (χ4v) is 9.11. The van der Waals surface area contributed by atoms with Crippen molar-refractivity contribution in [1.29, 1.82) is 0 Å². The molecule has 1 aromatic heterocycles. The molecule has 0 saturated carbocycles. The van der Waals surface area contributed by atoms with Crippen LogP contribution >= 0.6 is 0 Å². The number of para-hydroxylation sites is 3. The van der Waals surface area contributed by atoms with Crippen LogP contribution in [0.3, 0.4) is 0 Å². The summed E-state index contributed by atoms with van der Waals surface area (Å²) >= 11 is 0. The van der Waals surface area contributed by atoms with E-state index in [0.717, 1.165) is 25.7 Å². The van der Waals surface area contributed by atoms with Crippen LogP contribution in [0.4, 0.5) is 17.1 Å². The van der Waals surface area contributed by atoms with Crippen LogP contribution in [-0.2, 0) is 5.41 Å². The van der Waals surface area contributed by atoms with E-state index in [2.05, 4.69) is 181 Å². The van der Waals surface area contributed by atoms with Gasteiger partial charge in [0.25, 0.3) is 0 Å². The molecule has 0 atom stereocenters. The molecule has 0 N–H and O–H groups in total. The van der Waals surface area contributed by atoms with Crippen molar-refractivity contribution in [2.75, 3.05) is 4.90 Å². The highest BCUT2D eigenvalue weighted by atomic mass is 15.1. The van der Waals surface area contributed by atoms with Crippen LogP contribution in [0, 0.1) is 0 Å². The first-order valence-corrected chi connectivity index (χ1v) is 18.4. The van der Waals surface area contributed by atoms with Crippen LogP contribution in [0.15, 0.2) is 146 Å². The number of aromatic nitrogens is 1. The minimum Gasteiger partial charge on any atom is -0.313 e. The van der Waals surface area contributed by atoms with Gasteiger partial charge in [0.15, 0.2) is 0 Å². The molecule has 3 aliphatic rings. The standard InChI is InChI=1S/C49H40N2/c1-49(2)44-21-11-8-17-39(44)43-32-36(28-30-45(43)49)50(34-14-4-3-5-15-34)48-31-29-37(38-16-6-7-18-40(38)48)33-24-26-35(27-25-33)51-46-22-12-9-19-41(46)42-20-10-13-23-47(42)51/h3-5,8-24,26,28-32H,6-7,25,27H2,1-2H3. The summed E-state index contributed by atoms with van der Waals surface area (Å²) in [5.74, 6) is 0. The van der Waals surface area contributed by atoms with Crippen molar-refractivity contribution < 1.29 is 0 Å². The van der Waals surface area contributed by atoms with Gasteiger partial charge in [0.2, 0.25) is 0 Å². The minimum absolute atomic E-state index is 0.0187. The highest BCUT2D eigenvalue weighted by molar-refractivity contribution is 6.10. The van der Waals surface area contributed by atoms with Gasteiger partial charge in [-0.2, -0.15) is 0 Å². The fourth-order valence-electron chi connectivity index (χ4n) is 9.11. The molecule has 0 bridgehead atoms. The Kier molecular flexibility index (Phi) is 6.83. The number of benzene rings is 6. The second-order valence-electron chi connectivity index (χ2n) is 14.7. The van der Waals surface area contributed by atoms with Crippen LogP contribution in [0.25, 0.3) is 56.4 Å². The normalized spacial score (nSPS) is 15.6. The quantitative estimate of drug-likeness (QED) is 0.179. The summed E-state index contributed by atoms with van der Waals surface area (Å²) < 4.78 is 2.48. The molecular formula is C49H40N2. The van der Waals surface area contributed by atoms with E-state index in [-0.39, 0.29) is 5.41 Å². The second-order valence-corrected chi connectivity index (χ2v) is 14.7. The Hall–Kier alpha value is -5.86. The Labute approximate surface area is 299 Å². The zero-order chi connectivity index (χ0) is 34.1. The molecular weight excluding hydrogens is 617 g/mol. The van der Waals surface area contributed by atoms with Crippen LogP contribution in [0.2, 0.25) is 0 Å². The van der Waals surface area contributed by atoms with Crippen molar-refractivity contribution in [2.24, 2.45) is 0 Å². The van der Waals surface area contributed by atoms with Gasteiger partial charge in [0.05, 0.1) is 16.7 Å². The summed E-state index contributed by atoms with van der Waals surface area (Å²) in [7, 11) is 0. The van der Waals surface area contributed by atoms with E-state index in [1.807, 2.05) is 0 Å². The number of allylic oxidation sites excluding steroid dienone is 4. The Bertz CT molecular complexity index is 2670. The Morgan fingerprint density at radius 3 is 1.94 bits per heavy atom. The summed E-state index contributed by atoms with van der Waals surface area (Å²) in [5.41, 5.74) is 15.8. The Balaban J connectivity index is 1.10. The van der Waals surface area contributed by atoms with E-state index in [9.17, 15) is 0 Å². The molecule has 0 saturated heterocycles. The maximum absolute atomic E-state index is 2.48. The summed E-state index contributed by atoms with van der Waals surface area (Å²) in [5, 5.41) is 5.34. The number of anilines is 3. The third-order valence-corrected chi connectivity index (χ3v) is 11.5. The van der Waals surface area contributed by atoms with Crippen LogP contribution in [0.5, 0.6) is 0 Å².